The normalized spacial score (nSPS) is 18.7. The van der Waals surface area contributed by atoms with Crippen molar-refractivity contribution < 1.29 is 13.9 Å². The molecular weight excluding hydrogens is 519 g/mol. The zero-order chi connectivity index (χ0) is 22.1. The zero-order valence-electron chi connectivity index (χ0n) is 17.6. The number of halogens is 4. The Morgan fingerprint density at radius 1 is 1.13 bits per heavy atom. The molecule has 2 nitrogen and oxygen atoms in total. The van der Waals surface area contributed by atoms with Crippen LogP contribution < -0.4 is 0 Å². The summed E-state index contributed by atoms with van der Waals surface area (Å²) in [5.41, 5.74) is 0.633. The zero-order valence-corrected chi connectivity index (χ0v) is 20.6. The molecule has 0 radical (unpaired) electrons. The number of likely N-dealkylation sites (tertiary alicyclic amines) is 1. The average Bonchev–Trinajstić information content (AvgIpc) is 2.60. The van der Waals surface area contributed by atoms with Gasteiger partial charge < -0.3 is 5.11 Å². The first kappa shape index (κ1) is 23.9. The Labute approximate surface area is 196 Å². The largest absolute Gasteiger partial charge is 0.390 e. The molecule has 1 fully saturated rings. The van der Waals surface area contributed by atoms with Gasteiger partial charge in [0.05, 0.1) is 9.15 Å². The number of aliphatic hydroxyl groups is 1. The van der Waals surface area contributed by atoms with Crippen LogP contribution in [-0.4, -0.2) is 28.7 Å². The van der Waals surface area contributed by atoms with Gasteiger partial charge in [-0.1, -0.05) is 66.1 Å². The van der Waals surface area contributed by atoms with Crippen molar-refractivity contribution in [3.63, 3.8) is 0 Å². The van der Waals surface area contributed by atoms with E-state index in [4.69, 9.17) is 11.6 Å². The van der Waals surface area contributed by atoms with Crippen molar-refractivity contribution in [3.8, 4) is 0 Å². The molecule has 1 aliphatic heterocycles. The summed E-state index contributed by atoms with van der Waals surface area (Å²) in [5.74, 6) is -1.46. The number of benzene rings is 2. The lowest BCUT2D eigenvalue weighted by Gasteiger charge is -2.54. The van der Waals surface area contributed by atoms with Gasteiger partial charge in [-0.2, -0.15) is 0 Å². The predicted octanol–water partition coefficient (Wildman–Crippen LogP) is 6.88. The van der Waals surface area contributed by atoms with Crippen LogP contribution >= 0.6 is 34.2 Å². The molecule has 164 valence electrons. The van der Waals surface area contributed by atoms with E-state index in [-0.39, 0.29) is 15.4 Å². The van der Waals surface area contributed by atoms with Crippen molar-refractivity contribution in [2.24, 2.45) is 5.92 Å². The van der Waals surface area contributed by atoms with Crippen LogP contribution in [0.25, 0.3) is 0 Å². The van der Waals surface area contributed by atoms with Crippen LogP contribution in [0.1, 0.15) is 57.1 Å². The van der Waals surface area contributed by atoms with Gasteiger partial charge in [0, 0.05) is 30.1 Å². The van der Waals surface area contributed by atoms with Crippen LogP contribution in [0, 0.1) is 17.6 Å². The number of rotatable bonds is 8. The molecule has 0 aromatic heterocycles. The second-order valence-corrected chi connectivity index (χ2v) is 11.1. The van der Waals surface area contributed by atoms with Crippen LogP contribution in [0.4, 0.5) is 8.78 Å². The molecule has 0 saturated carbocycles. The number of unbranched alkanes of at least 4 members (excludes halogenated alkanes) is 1. The number of hydrogen-bond acceptors (Lipinski definition) is 2. The molecule has 1 saturated heterocycles. The highest BCUT2D eigenvalue weighted by Gasteiger charge is 2.48. The van der Waals surface area contributed by atoms with Gasteiger partial charge in [0.1, 0.15) is 11.6 Å². The molecule has 1 heterocycles. The highest BCUT2D eigenvalue weighted by molar-refractivity contribution is 14.1. The third kappa shape index (κ3) is 5.17. The van der Waals surface area contributed by atoms with Crippen molar-refractivity contribution in [1.29, 1.82) is 0 Å². The molecule has 2 atom stereocenters. The molecule has 0 amide bonds. The molecule has 2 unspecified atom stereocenters. The maximum absolute atomic E-state index is 13.9. The molecule has 3 rings (SSSR count). The second-order valence-electron chi connectivity index (χ2n) is 8.87. The van der Waals surface area contributed by atoms with Crippen LogP contribution in [0.3, 0.4) is 0 Å². The van der Waals surface area contributed by atoms with E-state index in [1.54, 1.807) is 13.8 Å². The molecule has 0 aliphatic carbocycles. The van der Waals surface area contributed by atoms with Gasteiger partial charge in [0.25, 0.3) is 0 Å². The first-order chi connectivity index (χ1) is 14.0. The SMILES string of the molecule is CCCCC(I)(c1ccc(Cl)cc1)N1CC(C(c2cc(F)cc(F)c2)C(C)(C)O)C1. The fraction of sp³-hybridized carbons (Fsp3) is 0.500. The lowest BCUT2D eigenvalue weighted by atomic mass is 9.71. The Balaban J connectivity index is 1.86. The van der Waals surface area contributed by atoms with Crippen LogP contribution in [0.2, 0.25) is 5.02 Å². The molecule has 1 aliphatic rings. The van der Waals surface area contributed by atoms with Crippen molar-refractivity contribution in [3.05, 3.63) is 70.2 Å². The van der Waals surface area contributed by atoms with E-state index in [1.807, 2.05) is 12.1 Å². The molecule has 6 heteroatoms. The summed E-state index contributed by atoms with van der Waals surface area (Å²) >= 11 is 8.63. The van der Waals surface area contributed by atoms with Crippen molar-refractivity contribution >= 4 is 34.2 Å². The topological polar surface area (TPSA) is 23.5 Å². The maximum atomic E-state index is 13.9. The third-order valence-electron chi connectivity index (χ3n) is 6.04. The number of nitrogens with zero attached hydrogens (tertiary/aromatic N) is 1. The van der Waals surface area contributed by atoms with E-state index in [9.17, 15) is 13.9 Å². The number of hydrogen-bond donors (Lipinski definition) is 1. The molecule has 0 spiro atoms. The lowest BCUT2D eigenvalue weighted by Crippen LogP contribution is -2.59. The summed E-state index contributed by atoms with van der Waals surface area (Å²) in [7, 11) is 0. The van der Waals surface area contributed by atoms with E-state index in [1.165, 1.54) is 17.7 Å². The van der Waals surface area contributed by atoms with Crippen LogP contribution in [-0.2, 0) is 3.55 Å². The minimum atomic E-state index is -1.09. The van der Waals surface area contributed by atoms with Gasteiger partial charge in [-0.3, -0.25) is 4.90 Å². The minimum absolute atomic E-state index is 0.106. The van der Waals surface area contributed by atoms with E-state index in [0.29, 0.717) is 10.6 Å². The Bertz CT molecular complexity index is 844. The summed E-state index contributed by atoms with van der Waals surface area (Å²) < 4.78 is 27.6. The molecule has 2 aromatic carbocycles. The molecule has 2 aromatic rings. The summed E-state index contributed by atoms with van der Waals surface area (Å²) in [6, 6.07) is 11.6. The van der Waals surface area contributed by atoms with E-state index in [2.05, 4.69) is 46.5 Å². The molecule has 30 heavy (non-hydrogen) atoms. The van der Waals surface area contributed by atoms with Crippen LogP contribution in [0.15, 0.2) is 42.5 Å². The highest BCUT2D eigenvalue weighted by Crippen LogP contribution is 2.49. The fourth-order valence-electron chi connectivity index (χ4n) is 4.63. The quantitative estimate of drug-likeness (QED) is 0.221. The Morgan fingerprint density at radius 3 is 2.20 bits per heavy atom. The molecular formula is C24H29ClF2INO. The Hall–Kier alpha value is -0.760. The van der Waals surface area contributed by atoms with Gasteiger partial charge in [0.15, 0.2) is 0 Å². The standard InChI is InChI=1S/C24H29ClF2INO/c1-4-5-10-24(28,18-6-8-19(25)9-7-18)29-14-17(15-29)22(23(2,3)30)16-11-20(26)13-21(27)12-16/h6-9,11-13,17,22,30H,4-5,10,14-15H2,1-3H3. The van der Waals surface area contributed by atoms with E-state index < -0.39 is 17.2 Å². The van der Waals surface area contributed by atoms with Gasteiger partial charge in [-0.15, -0.1) is 0 Å². The monoisotopic (exact) mass is 547 g/mol. The smallest absolute Gasteiger partial charge is 0.126 e. The first-order valence-corrected chi connectivity index (χ1v) is 11.9. The van der Waals surface area contributed by atoms with Gasteiger partial charge >= 0.3 is 0 Å². The summed E-state index contributed by atoms with van der Waals surface area (Å²) in [6.45, 7) is 7.12. The summed E-state index contributed by atoms with van der Waals surface area (Å²) in [5, 5.41) is 11.6. The third-order valence-corrected chi connectivity index (χ3v) is 8.13. The van der Waals surface area contributed by atoms with E-state index in [0.717, 1.165) is 38.4 Å². The maximum Gasteiger partial charge on any atom is 0.126 e. The van der Waals surface area contributed by atoms with Crippen molar-refractivity contribution in [1.82, 2.24) is 4.90 Å². The molecule has 0 bridgehead atoms. The minimum Gasteiger partial charge on any atom is -0.390 e. The summed E-state index contributed by atoms with van der Waals surface area (Å²) in [6.07, 6.45) is 3.20. The van der Waals surface area contributed by atoms with Crippen molar-refractivity contribution in [2.45, 2.75) is 55.1 Å². The van der Waals surface area contributed by atoms with Gasteiger partial charge in [-0.05, 0) is 61.6 Å². The number of alkyl halides is 1. The van der Waals surface area contributed by atoms with Gasteiger partial charge in [-0.25, -0.2) is 8.78 Å². The van der Waals surface area contributed by atoms with Gasteiger partial charge in [0.2, 0.25) is 0 Å². The Kier molecular flexibility index (Phi) is 7.48. The van der Waals surface area contributed by atoms with Crippen LogP contribution in [0.5, 0.6) is 0 Å². The van der Waals surface area contributed by atoms with Crippen molar-refractivity contribution in [2.75, 3.05) is 13.1 Å². The Morgan fingerprint density at radius 2 is 1.70 bits per heavy atom. The molecule has 1 N–H and O–H groups in total. The predicted molar refractivity (Wildman–Crippen MR) is 127 cm³/mol. The van der Waals surface area contributed by atoms with E-state index >= 15 is 0 Å². The lowest BCUT2D eigenvalue weighted by molar-refractivity contribution is -0.0422. The summed E-state index contributed by atoms with van der Waals surface area (Å²) in [4.78, 5) is 2.41. The second kappa shape index (κ2) is 9.39. The first-order valence-electron chi connectivity index (χ1n) is 10.4. The average molecular weight is 548 g/mol. The highest BCUT2D eigenvalue weighted by atomic mass is 127. The fourth-order valence-corrected chi connectivity index (χ4v) is 5.89.